The molecule has 3 aliphatic rings. The number of hydrogen-bond acceptors (Lipinski definition) is 5. The van der Waals surface area contributed by atoms with E-state index in [1.54, 1.807) is 12.4 Å². The van der Waals surface area contributed by atoms with Crippen molar-refractivity contribution in [2.75, 3.05) is 24.6 Å². The molecule has 0 radical (unpaired) electrons. The standard InChI is InChI=1S/C16H22N4O2/c21-15(19-12-2-3-12)8-14-13-4-7-20(9-11(13)10-22-14)16-17-5-1-6-18-16/h1,5-6,11-14H,2-4,7-10H2,(H,19,21)/t11-,13-,14+/m1/s1. The molecule has 118 valence electrons. The van der Waals surface area contributed by atoms with Crippen molar-refractivity contribution >= 4 is 11.9 Å². The van der Waals surface area contributed by atoms with E-state index in [1.165, 1.54) is 0 Å². The van der Waals surface area contributed by atoms with Crippen LogP contribution in [0.3, 0.4) is 0 Å². The molecule has 1 aromatic heterocycles. The van der Waals surface area contributed by atoms with Gasteiger partial charge in [0.25, 0.3) is 0 Å². The minimum Gasteiger partial charge on any atom is -0.377 e. The number of ether oxygens (including phenoxy) is 1. The maximum absolute atomic E-state index is 12.0. The smallest absolute Gasteiger partial charge is 0.225 e. The van der Waals surface area contributed by atoms with Crippen molar-refractivity contribution in [2.24, 2.45) is 11.8 Å². The third kappa shape index (κ3) is 2.92. The average Bonchev–Trinajstić information content (AvgIpc) is 3.27. The first-order chi connectivity index (χ1) is 10.8. The minimum absolute atomic E-state index is 0.0857. The van der Waals surface area contributed by atoms with Gasteiger partial charge in [-0.3, -0.25) is 4.79 Å². The van der Waals surface area contributed by atoms with E-state index >= 15 is 0 Å². The molecule has 0 aromatic carbocycles. The van der Waals surface area contributed by atoms with Crippen LogP contribution in [0.1, 0.15) is 25.7 Å². The second-order valence-corrected chi connectivity index (χ2v) is 6.63. The molecule has 3 heterocycles. The van der Waals surface area contributed by atoms with Gasteiger partial charge >= 0.3 is 0 Å². The van der Waals surface area contributed by atoms with Crippen molar-refractivity contribution in [3.8, 4) is 0 Å². The van der Waals surface area contributed by atoms with Crippen molar-refractivity contribution in [1.82, 2.24) is 15.3 Å². The summed E-state index contributed by atoms with van der Waals surface area (Å²) in [6, 6.07) is 2.27. The second kappa shape index (κ2) is 5.83. The zero-order chi connectivity index (χ0) is 14.9. The summed E-state index contributed by atoms with van der Waals surface area (Å²) in [5.74, 6) is 1.93. The van der Waals surface area contributed by atoms with Crippen LogP contribution in [0.5, 0.6) is 0 Å². The van der Waals surface area contributed by atoms with Crippen LogP contribution in [0, 0.1) is 11.8 Å². The van der Waals surface area contributed by atoms with Gasteiger partial charge in [0.15, 0.2) is 0 Å². The summed E-state index contributed by atoms with van der Waals surface area (Å²) in [5.41, 5.74) is 0. The molecule has 1 N–H and O–H groups in total. The molecule has 1 saturated carbocycles. The molecule has 1 aromatic rings. The molecule has 4 rings (SSSR count). The number of anilines is 1. The monoisotopic (exact) mass is 302 g/mol. The van der Waals surface area contributed by atoms with Crippen LogP contribution < -0.4 is 10.2 Å². The van der Waals surface area contributed by atoms with Crippen LogP contribution in [0.15, 0.2) is 18.5 Å². The van der Waals surface area contributed by atoms with Gasteiger partial charge in [-0.1, -0.05) is 0 Å². The maximum atomic E-state index is 12.0. The van der Waals surface area contributed by atoms with Gasteiger partial charge in [0.1, 0.15) is 0 Å². The first-order valence-corrected chi connectivity index (χ1v) is 8.22. The highest BCUT2D eigenvalue weighted by Gasteiger charge is 2.42. The van der Waals surface area contributed by atoms with Crippen LogP contribution in [-0.2, 0) is 9.53 Å². The summed E-state index contributed by atoms with van der Waals surface area (Å²) in [7, 11) is 0. The summed E-state index contributed by atoms with van der Waals surface area (Å²) >= 11 is 0. The highest BCUT2D eigenvalue weighted by molar-refractivity contribution is 5.77. The maximum Gasteiger partial charge on any atom is 0.225 e. The molecule has 6 heteroatoms. The zero-order valence-electron chi connectivity index (χ0n) is 12.6. The van der Waals surface area contributed by atoms with E-state index in [0.29, 0.717) is 24.3 Å². The van der Waals surface area contributed by atoms with E-state index in [4.69, 9.17) is 4.74 Å². The fourth-order valence-electron chi connectivity index (χ4n) is 3.63. The second-order valence-electron chi connectivity index (χ2n) is 6.63. The van der Waals surface area contributed by atoms with E-state index in [9.17, 15) is 4.79 Å². The first-order valence-electron chi connectivity index (χ1n) is 8.22. The molecular weight excluding hydrogens is 280 g/mol. The highest BCUT2D eigenvalue weighted by Crippen LogP contribution is 2.36. The van der Waals surface area contributed by atoms with Crippen molar-refractivity contribution in [1.29, 1.82) is 0 Å². The van der Waals surface area contributed by atoms with Crippen LogP contribution in [0.25, 0.3) is 0 Å². The van der Waals surface area contributed by atoms with Gasteiger partial charge in [-0.25, -0.2) is 9.97 Å². The van der Waals surface area contributed by atoms with Gasteiger partial charge < -0.3 is 15.0 Å². The van der Waals surface area contributed by atoms with E-state index in [0.717, 1.165) is 44.9 Å². The number of rotatable bonds is 4. The molecule has 1 aliphatic carbocycles. The van der Waals surface area contributed by atoms with Crippen molar-refractivity contribution in [3.05, 3.63) is 18.5 Å². The molecule has 1 amide bonds. The van der Waals surface area contributed by atoms with Gasteiger partial charge in [0.05, 0.1) is 19.1 Å². The van der Waals surface area contributed by atoms with Crippen LogP contribution in [0.2, 0.25) is 0 Å². The van der Waals surface area contributed by atoms with Crippen molar-refractivity contribution in [2.45, 2.75) is 37.8 Å². The van der Waals surface area contributed by atoms with Crippen molar-refractivity contribution in [3.63, 3.8) is 0 Å². The largest absolute Gasteiger partial charge is 0.377 e. The average molecular weight is 302 g/mol. The lowest BCUT2D eigenvalue weighted by Crippen LogP contribution is -2.43. The van der Waals surface area contributed by atoms with Gasteiger partial charge in [-0.2, -0.15) is 0 Å². The Morgan fingerprint density at radius 3 is 2.91 bits per heavy atom. The lowest BCUT2D eigenvalue weighted by atomic mass is 9.83. The number of nitrogens with one attached hydrogen (secondary N) is 1. The number of carbonyl (C=O) groups is 1. The fourth-order valence-corrected chi connectivity index (χ4v) is 3.63. The Morgan fingerprint density at radius 1 is 1.32 bits per heavy atom. The van der Waals surface area contributed by atoms with Gasteiger partial charge in [0.2, 0.25) is 11.9 Å². The third-order valence-electron chi connectivity index (χ3n) is 4.96. The van der Waals surface area contributed by atoms with E-state index in [2.05, 4.69) is 20.2 Å². The number of hydrogen-bond donors (Lipinski definition) is 1. The summed E-state index contributed by atoms with van der Waals surface area (Å²) in [4.78, 5) is 22.9. The van der Waals surface area contributed by atoms with Gasteiger partial charge in [-0.05, 0) is 31.2 Å². The molecule has 0 bridgehead atoms. The number of aromatic nitrogens is 2. The molecule has 22 heavy (non-hydrogen) atoms. The van der Waals surface area contributed by atoms with Crippen LogP contribution >= 0.6 is 0 Å². The third-order valence-corrected chi connectivity index (χ3v) is 4.96. The quantitative estimate of drug-likeness (QED) is 0.898. The Bertz CT molecular complexity index is 534. The number of piperidine rings is 1. The summed E-state index contributed by atoms with van der Waals surface area (Å²) in [6.45, 7) is 2.61. The molecule has 3 fully saturated rings. The Labute approximate surface area is 130 Å². The van der Waals surface area contributed by atoms with Crippen molar-refractivity contribution < 1.29 is 9.53 Å². The Hall–Kier alpha value is -1.69. The Kier molecular flexibility index (Phi) is 3.70. The number of carbonyl (C=O) groups excluding carboxylic acids is 1. The normalized spacial score (nSPS) is 30.9. The molecule has 3 atom stereocenters. The molecule has 6 nitrogen and oxygen atoms in total. The molecule has 0 spiro atoms. The zero-order valence-corrected chi connectivity index (χ0v) is 12.6. The van der Waals surface area contributed by atoms with Crippen LogP contribution in [0.4, 0.5) is 5.95 Å². The summed E-state index contributed by atoms with van der Waals surface area (Å²) < 4.78 is 5.93. The molecule has 0 unspecified atom stereocenters. The Balaban J connectivity index is 1.34. The molecular formula is C16H22N4O2. The minimum atomic E-state index is 0.0857. The Morgan fingerprint density at radius 2 is 2.14 bits per heavy atom. The summed E-state index contributed by atoms with van der Waals surface area (Å²) in [5, 5.41) is 3.06. The topological polar surface area (TPSA) is 67.3 Å². The lowest BCUT2D eigenvalue weighted by molar-refractivity contribution is -0.123. The fraction of sp³-hybridized carbons (Fsp3) is 0.688. The van der Waals surface area contributed by atoms with E-state index < -0.39 is 0 Å². The first kappa shape index (κ1) is 13.9. The van der Waals surface area contributed by atoms with Crippen LogP contribution in [-0.4, -0.2) is 47.7 Å². The number of amides is 1. The molecule has 2 aliphatic heterocycles. The summed E-state index contributed by atoms with van der Waals surface area (Å²) in [6.07, 6.45) is 7.48. The highest BCUT2D eigenvalue weighted by atomic mass is 16.5. The molecule has 2 saturated heterocycles. The predicted molar refractivity (Wildman–Crippen MR) is 81.4 cm³/mol. The van der Waals surface area contributed by atoms with Gasteiger partial charge in [-0.15, -0.1) is 0 Å². The number of nitrogens with zero attached hydrogens (tertiary/aromatic N) is 3. The number of fused-ring (bicyclic) bond motifs is 1. The van der Waals surface area contributed by atoms with E-state index in [-0.39, 0.29) is 12.0 Å². The van der Waals surface area contributed by atoms with E-state index in [1.807, 2.05) is 6.07 Å². The predicted octanol–water partition coefficient (Wildman–Crippen LogP) is 0.987. The lowest BCUT2D eigenvalue weighted by Gasteiger charge is -2.35. The SMILES string of the molecule is O=C(C[C@@H]1OC[C@H]2CN(c3ncccn3)CC[C@H]21)NC1CC1. The van der Waals surface area contributed by atoms with Gasteiger partial charge in [0, 0.05) is 37.4 Å².